The molecule has 26 heavy (non-hydrogen) atoms. The highest BCUT2D eigenvalue weighted by atomic mass is 15.2. The van der Waals surface area contributed by atoms with E-state index >= 15 is 0 Å². The molecule has 0 amide bonds. The SMILES string of the molecule is CC[C@@H]1c2[nH]c3ccccc3c2CCN1Cc1cccc2ccccc12. The highest BCUT2D eigenvalue weighted by molar-refractivity contribution is 5.86. The molecule has 5 rings (SSSR count). The van der Waals surface area contributed by atoms with Gasteiger partial charge in [0.1, 0.15) is 0 Å². The molecule has 0 fully saturated rings. The quantitative estimate of drug-likeness (QED) is 0.497. The van der Waals surface area contributed by atoms with E-state index in [0.29, 0.717) is 6.04 Å². The van der Waals surface area contributed by atoms with E-state index in [4.69, 9.17) is 0 Å². The van der Waals surface area contributed by atoms with Gasteiger partial charge in [-0.3, -0.25) is 4.90 Å². The Hall–Kier alpha value is -2.58. The molecule has 1 N–H and O–H groups in total. The van der Waals surface area contributed by atoms with E-state index in [2.05, 4.69) is 83.5 Å². The van der Waals surface area contributed by atoms with E-state index in [1.807, 2.05) is 0 Å². The van der Waals surface area contributed by atoms with Gasteiger partial charge in [0, 0.05) is 29.7 Å². The zero-order valence-corrected chi connectivity index (χ0v) is 15.2. The van der Waals surface area contributed by atoms with Gasteiger partial charge in [0.2, 0.25) is 0 Å². The van der Waals surface area contributed by atoms with Crippen LogP contribution in [0.1, 0.15) is 36.2 Å². The predicted molar refractivity (Wildman–Crippen MR) is 109 cm³/mol. The van der Waals surface area contributed by atoms with Crippen LogP contribution >= 0.6 is 0 Å². The average molecular weight is 340 g/mol. The van der Waals surface area contributed by atoms with Crippen LogP contribution in [0.25, 0.3) is 21.7 Å². The summed E-state index contributed by atoms with van der Waals surface area (Å²) in [5.41, 5.74) is 5.67. The maximum Gasteiger partial charge on any atom is 0.0502 e. The van der Waals surface area contributed by atoms with Gasteiger partial charge in [-0.1, -0.05) is 67.6 Å². The fraction of sp³-hybridized carbons (Fsp3) is 0.250. The van der Waals surface area contributed by atoms with Gasteiger partial charge in [0.05, 0.1) is 6.04 Å². The summed E-state index contributed by atoms with van der Waals surface area (Å²) in [5, 5.41) is 4.12. The van der Waals surface area contributed by atoms with Crippen LogP contribution in [-0.4, -0.2) is 16.4 Å². The number of aromatic nitrogens is 1. The molecule has 0 radical (unpaired) electrons. The second-order valence-corrected chi connectivity index (χ2v) is 7.35. The van der Waals surface area contributed by atoms with Crippen molar-refractivity contribution in [1.82, 2.24) is 9.88 Å². The number of nitrogens with one attached hydrogen (secondary N) is 1. The molecule has 0 saturated heterocycles. The van der Waals surface area contributed by atoms with Crippen LogP contribution in [0.5, 0.6) is 0 Å². The molecule has 0 aliphatic carbocycles. The van der Waals surface area contributed by atoms with E-state index in [1.54, 1.807) is 0 Å². The van der Waals surface area contributed by atoms with Crippen LogP contribution in [0, 0.1) is 0 Å². The van der Waals surface area contributed by atoms with Crippen molar-refractivity contribution < 1.29 is 0 Å². The van der Waals surface area contributed by atoms with Crippen LogP contribution in [0.3, 0.4) is 0 Å². The number of rotatable bonds is 3. The molecule has 0 unspecified atom stereocenters. The van der Waals surface area contributed by atoms with Crippen molar-refractivity contribution in [2.45, 2.75) is 32.4 Å². The summed E-state index contributed by atoms with van der Waals surface area (Å²) in [6.07, 6.45) is 2.26. The highest BCUT2D eigenvalue weighted by Crippen LogP contribution is 2.37. The monoisotopic (exact) mass is 340 g/mol. The summed E-state index contributed by atoms with van der Waals surface area (Å²) in [6.45, 7) is 4.44. The van der Waals surface area contributed by atoms with Gasteiger partial charge in [-0.05, 0) is 40.8 Å². The number of H-pyrrole nitrogens is 1. The largest absolute Gasteiger partial charge is 0.357 e. The minimum absolute atomic E-state index is 0.463. The molecule has 0 saturated carbocycles. The van der Waals surface area contributed by atoms with E-state index in [-0.39, 0.29) is 0 Å². The fourth-order valence-corrected chi connectivity index (χ4v) is 4.67. The first-order chi connectivity index (χ1) is 12.8. The minimum Gasteiger partial charge on any atom is -0.357 e. The molecular weight excluding hydrogens is 316 g/mol. The zero-order chi connectivity index (χ0) is 17.5. The summed E-state index contributed by atoms with van der Waals surface area (Å²) >= 11 is 0. The van der Waals surface area contributed by atoms with Crippen molar-refractivity contribution in [1.29, 1.82) is 0 Å². The number of aromatic amines is 1. The molecule has 2 nitrogen and oxygen atoms in total. The van der Waals surface area contributed by atoms with Gasteiger partial charge in [-0.2, -0.15) is 0 Å². The third-order valence-electron chi connectivity index (χ3n) is 5.91. The molecule has 3 aromatic carbocycles. The van der Waals surface area contributed by atoms with Crippen molar-refractivity contribution >= 4 is 21.7 Å². The Kier molecular flexibility index (Phi) is 3.79. The van der Waals surface area contributed by atoms with Gasteiger partial charge in [-0.15, -0.1) is 0 Å². The molecule has 2 heterocycles. The number of nitrogens with zero attached hydrogens (tertiary/aromatic N) is 1. The Balaban J connectivity index is 1.54. The van der Waals surface area contributed by atoms with Gasteiger partial charge in [0.15, 0.2) is 0 Å². The summed E-state index contributed by atoms with van der Waals surface area (Å²) in [7, 11) is 0. The third-order valence-corrected chi connectivity index (χ3v) is 5.91. The van der Waals surface area contributed by atoms with Gasteiger partial charge < -0.3 is 4.98 Å². The number of benzene rings is 3. The lowest BCUT2D eigenvalue weighted by Gasteiger charge is -2.35. The molecule has 1 aliphatic rings. The van der Waals surface area contributed by atoms with Crippen molar-refractivity contribution in [2.75, 3.05) is 6.54 Å². The molecular formula is C24H24N2. The van der Waals surface area contributed by atoms with Gasteiger partial charge in [0.25, 0.3) is 0 Å². The van der Waals surface area contributed by atoms with Gasteiger partial charge in [-0.25, -0.2) is 0 Å². The average Bonchev–Trinajstić information content (AvgIpc) is 3.07. The van der Waals surface area contributed by atoms with Crippen molar-refractivity contribution in [3.05, 3.63) is 83.6 Å². The van der Waals surface area contributed by atoms with Crippen LogP contribution < -0.4 is 0 Å². The second-order valence-electron chi connectivity index (χ2n) is 7.35. The normalized spacial score (nSPS) is 17.7. The number of hydrogen-bond donors (Lipinski definition) is 1. The van der Waals surface area contributed by atoms with Crippen LogP contribution in [0.15, 0.2) is 66.7 Å². The molecule has 0 spiro atoms. The first kappa shape index (κ1) is 15.7. The van der Waals surface area contributed by atoms with Crippen molar-refractivity contribution in [3.8, 4) is 0 Å². The lowest BCUT2D eigenvalue weighted by atomic mass is 9.94. The highest BCUT2D eigenvalue weighted by Gasteiger charge is 2.29. The Morgan fingerprint density at radius 2 is 1.69 bits per heavy atom. The first-order valence-corrected chi connectivity index (χ1v) is 9.65. The Labute approximate surface area is 154 Å². The number of hydrogen-bond acceptors (Lipinski definition) is 1. The molecule has 0 bridgehead atoms. The lowest BCUT2D eigenvalue weighted by molar-refractivity contribution is 0.169. The smallest absolute Gasteiger partial charge is 0.0502 e. The number of fused-ring (bicyclic) bond motifs is 4. The topological polar surface area (TPSA) is 19.0 Å². The fourth-order valence-electron chi connectivity index (χ4n) is 4.67. The summed E-state index contributed by atoms with van der Waals surface area (Å²) < 4.78 is 0. The zero-order valence-electron chi connectivity index (χ0n) is 15.2. The predicted octanol–water partition coefficient (Wildman–Crippen LogP) is 5.83. The Bertz CT molecular complexity index is 1070. The van der Waals surface area contributed by atoms with Crippen LogP contribution in [0.4, 0.5) is 0 Å². The van der Waals surface area contributed by atoms with E-state index in [9.17, 15) is 0 Å². The van der Waals surface area contributed by atoms with Crippen LogP contribution in [-0.2, 0) is 13.0 Å². The third kappa shape index (κ3) is 2.45. The minimum atomic E-state index is 0.463. The van der Waals surface area contributed by atoms with E-state index < -0.39 is 0 Å². The Morgan fingerprint density at radius 1 is 0.923 bits per heavy atom. The molecule has 130 valence electrons. The summed E-state index contributed by atoms with van der Waals surface area (Å²) in [5.74, 6) is 0. The van der Waals surface area contributed by atoms with Gasteiger partial charge >= 0.3 is 0 Å². The van der Waals surface area contributed by atoms with Crippen molar-refractivity contribution in [2.24, 2.45) is 0 Å². The molecule has 1 aliphatic heterocycles. The molecule has 4 aromatic rings. The summed E-state index contributed by atoms with van der Waals surface area (Å²) in [4.78, 5) is 6.38. The van der Waals surface area contributed by atoms with E-state index in [1.165, 1.54) is 38.5 Å². The lowest BCUT2D eigenvalue weighted by Crippen LogP contribution is -2.34. The standard InChI is InChI=1S/C24H24N2/c1-2-23-24-21(20-12-5-6-13-22(20)25-24)14-15-26(23)16-18-10-7-9-17-8-3-4-11-19(17)18/h3-13,23,25H,2,14-16H2,1H3/t23-/m1/s1. The molecule has 1 atom stereocenters. The molecule has 2 heteroatoms. The maximum absolute atomic E-state index is 3.73. The molecule has 1 aromatic heterocycles. The Morgan fingerprint density at radius 3 is 2.58 bits per heavy atom. The van der Waals surface area contributed by atoms with Crippen LogP contribution in [0.2, 0.25) is 0 Å². The maximum atomic E-state index is 3.73. The summed E-state index contributed by atoms with van der Waals surface area (Å²) in [6, 6.07) is 24.6. The number of para-hydroxylation sites is 1. The first-order valence-electron chi connectivity index (χ1n) is 9.65. The van der Waals surface area contributed by atoms with E-state index in [0.717, 1.165) is 25.9 Å². The van der Waals surface area contributed by atoms with Crippen molar-refractivity contribution in [3.63, 3.8) is 0 Å². The second kappa shape index (κ2) is 6.30.